The number of carbonyl (C=O) groups is 1. The molecule has 0 saturated heterocycles. The summed E-state index contributed by atoms with van der Waals surface area (Å²) in [5.74, 6) is -0.428. The van der Waals surface area contributed by atoms with Crippen molar-refractivity contribution in [1.82, 2.24) is 14.8 Å². The van der Waals surface area contributed by atoms with Crippen molar-refractivity contribution >= 4 is 21.8 Å². The summed E-state index contributed by atoms with van der Waals surface area (Å²) in [6, 6.07) is 16.8. The number of nitrogens with zero attached hydrogens (tertiary/aromatic N) is 2. The van der Waals surface area contributed by atoms with E-state index in [0.29, 0.717) is 36.5 Å². The second-order valence-corrected chi connectivity index (χ2v) is 9.86. The largest absolute Gasteiger partial charge is 0.418 e. The fourth-order valence-corrected chi connectivity index (χ4v) is 4.59. The molecule has 1 heterocycles. The van der Waals surface area contributed by atoms with Gasteiger partial charge in [-0.25, -0.2) is 0 Å². The maximum atomic E-state index is 14.0. The van der Waals surface area contributed by atoms with Crippen molar-refractivity contribution in [2.24, 2.45) is 0 Å². The van der Waals surface area contributed by atoms with Crippen LogP contribution in [-0.4, -0.2) is 42.6 Å². The third-order valence-corrected chi connectivity index (χ3v) is 6.63. The van der Waals surface area contributed by atoms with Crippen molar-refractivity contribution in [1.29, 1.82) is 0 Å². The maximum Gasteiger partial charge on any atom is 0.418 e. The summed E-state index contributed by atoms with van der Waals surface area (Å²) in [4.78, 5) is 14.7. The number of aromatic nitrogens is 1. The van der Waals surface area contributed by atoms with Crippen LogP contribution in [0, 0.1) is 0 Å². The number of allylic oxidation sites excluding steroid dienone is 3. The minimum Gasteiger partial charge on any atom is -0.351 e. The number of alkyl halides is 3. The molecule has 1 N–H and O–H groups in total. The van der Waals surface area contributed by atoms with Crippen LogP contribution in [0.1, 0.15) is 23.6 Å². The number of rotatable bonds is 7. The molecule has 0 fully saturated rings. The first-order chi connectivity index (χ1) is 17.1. The predicted molar refractivity (Wildman–Crippen MR) is 140 cm³/mol. The number of carbonyl (C=O) groups excluding carboxylic acids is 1. The Labute approximate surface area is 217 Å². The summed E-state index contributed by atoms with van der Waals surface area (Å²) < 4.78 is 44.7. The molecule has 2 aromatic carbocycles. The average Bonchev–Trinajstić information content (AvgIpc) is 3.29. The summed E-state index contributed by atoms with van der Waals surface area (Å²) >= 11 is 3.42. The van der Waals surface area contributed by atoms with Crippen LogP contribution in [0.4, 0.5) is 13.2 Å². The molecule has 188 valence electrons. The van der Waals surface area contributed by atoms with E-state index >= 15 is 0 Å². The topological polar surface area (TPSA) is 37.3 Å². The summed E-state index contributed by atoms with van der Waals surface area (Å²) in [5.41, 5.74) is 2.07. The molecule has 3 aromatic rings. The Bertz CT molecular complexity index is 1290. The fourth-order valence-electron chi connectivity index (χ4n) is 4.32. The van der Waals surface area contributed by atoms with Crippen molar-refractivity contribution in [2.75, 3.05) is 27.2 Å². The highest BCUT2D eigenvalue weighted by molar-refractivity contribution is 9.10. The van der Waals surface area contributed by atoms with Crippen molar-refractivity contribution in [3.05, 3.63) is 100 Å². The van der Waals surface area contributed by atoms with Gasteiger partial charge in [0.05, 0.1) is 16.9 Å². The van der Waals surface area contributed by atoms with Crippen molar-refractivity contribution in [2.45, 2.75) is 18.5 Å². The van der Waals surface area contributed by atoms with Crippen molar-refractivity contribution in [3.63, 3.8) is 0 Å². The molecule has 36 heavy (non-hydrogen) atoms. The lowest BCUT2D eigenvalue weighted by Gasteiger charge is -2.24. The van der Waals surface area contributed by atoms with Gasteiger partial charge in [-0.1, -0.05) is 58.4 Å². The molecule has 8 heteroatoms. The number of para-hydroxylation sites is 1. The average molecular weight is 558 g/mol. The van der Waals surface area contributed by atoms with Crippen LogP contribution in [-0.2, 0) is 11.0 Å². The molecule has 4 rings (SSSR count). The number of amides is 1. The van der Waals surface area contributed by atoms with Gasteiger partial charge in [0.25, 0.3) is 0 Å². The number of halogens is 4. The van der Waals surface area contributed by atoms with Gasteiger partial charge in [-0.3, -0.25) is 4.79 Å². The van der Waals surface area contributed by atoms with Crippen LogP contribution < -0.4 is 5.32 Å². The highest BCUT2D eigenvalue weighted by Crippen LogP contribution is 2.40. The van der Waals surface area contributed by atoms with Gasteiger partial charge in [-0.15, -0.1) is 0 Å². The van der Waals surface area contributed by atoms with E-state index in [-0.39, 0.29) is 17.5 Å². The molecule has 0 radical (unpaired) electrons. The first-order valence-corrected chi connectivity index (χ1v) is 12.4. The number of hydrogen-bond donors (Lipinski definition) is 1. The first-order valence-electron chi connectivity index (χ1n) is 11.6. The van der Waals surface area contributed by atoms with Crippen LogP contribution in [0.2, 0.25) is 0 Å². The zero-order valence-corrected chi connectivity index (χ0v) is 21.6. The molecular weight excluding hydrogens is 531 g/mol. The third kappa shape index (κ3) is 5.82. The monoisotopic (exact) mass is 557 g/mol. The summed E-state index contributed by atoms with van der Waals surface area (Å²) in [6.07, 6.45) is 1.39. The van der Waals surface area contributed by atoms with Gasteiger partial charge in [-0.2, -0.15) is 13.2 Å². The van der Waals surface area contributed by atoms with Gasteiger partial charge >= 0.3 is 6.18 Å². The SMILES string of the molecule is CN(C)CCNC(=O)C1=CC=CC(c2ccc(-c3ccc(Br)cc3)n2-c2ccccc2C(F)(F)F)C1. The van der Waals surface area contributed by atoms with Gasteiger partial charge in [-0.05, 0) is 62.5 Å². The summed E-state index contributed by atoms with van der Waals surface area (Å²) in [7, 11) is 3.86. The number of nitrogens with one attached hydrogen (secondary N) is 1. The lowest BCUT2D eigenvalue weighted by Crippen LogP contribution is -2.32. The van der Waals surface area contributed by atoms with E-state index in [1.165, 1.54) is 12.1 Å². The molecule has 1 aromatic heterocycles. The number of likely N-dealkylation sites (N-methyl/N-ethyl adjacent to an activating group) is 1. The van der Waals surface area contributed by atoms with E-state index in [1.807, 2.05) is 61.5 Å². The van der Waals surface area contributed by atoms with Crippen LogP contribution in [0.5, 0.6) is 0 Å². The molecule has 0 saturated carbocycles. The molecule has 1 aliphatic carbocycles. The zero-order chi connectivity index (χ0) is 25.9. The second-order valence-electron chi connectivity index (χ2n) is 8.95. The normalized spacial score (nSPS) is 15.8. The summed E-state index contributed by atoms with van der Waals surface area (Å²) in [5, 5.41) is 2.92. The molecule has 1 aliphatic rings. The van der Waals surface area contributed by atoms with E-state index in [9.17, 15) is 18.0 Å². The van der Waals surface area contributed by atoms with E-state index in [4.69, 9.17) is 0 Å². The van der Waals surface area contributed by atoms with E-state index in [2.05, 4.69) is 21.2 Å². The highest BCUT2D eigenvalue weighted by atomic mass is 79.9. The molecule has 0 bridgehead atoms. The Morgan fingerprint density at radius 1 is 1.08 bits per heavy atom. The van der Waals surface area contributed by atoms with Crippen molar-refractivity contribution < 1.29 is 18.0 Å². The minimum atomic E-state index is -4.52. The fraction of sp³-hybridized carbons (Fsp3) is 0.250. The maximum absolute atomic E-state index is 14.0. The van der Waals surface area contributed by atoms with Crippen LogP contribution in [0.25, 0.3) is 16.9 Å². The van der Waals surface area contributed by atoms with E-state index < -0.39 is 11.7 Å². The molecule has 0 spiro atoms. The van der Waals surface area contributed by atoms with E-state index in [1.54, 1.807) is 22.8 Å². The Morgan fingerprint density at radius 3 is 2.50 bits per heavy atom. The van der Waals surface area contributed by atoms with E-state index in [0.717, 1.165) is 16.1 Å². The Balaban J connectivity index is 1.75. The number of hydrogen-bond acceptors (Lipinski definition) is 2. The van der Waals surface area contributed by atoms with Crippen molar-refractivity contribution in [3.8, 4) is 16.9 Å². The zero-order valence-electron chi connectivity index (χ0n) is 20.0. The Hall–Kier alpha value is -3.10. The minimum absolute atomic E-state index is 0.0582. The molecule has 1 amide bonds. The van der Waals surface area contributed by atoms with Gasteiger partial charge in [0, 0.05) is 34.7 Å². The van der Waals surface area contributed by atoms with Crippen LogP contribution in [0.3, 0.4) is 0 Å². The number of benzene rings is 2. The lowest BCUT2D eigenvalue weighted by atomic mass is 9.91. The molecule has 1 atom stereocenters. The van der Waals surface area contributed by atoms with Crippen LogP contribution >= 0.6 is 15.9 Å². The molecule has 1 unspecified atom stereocenters. The first kappa shape index (κ1) is 26.0. The Kier molecular flexibility index (Phi) is 7.85. The third-order valence-electron chi connectivity index (χ3n) is 6.10. The van der Waals surface area contributed by atoms with Gasteiger partial charge in [0.15, 0.2) is 0 Å². The molecular formula is C28H27BrF3N3O. The van der Waals surface area contributed by atoms with Gasteiger partial charge in [0.1, 0.15) is 0 Å². The predicted octanol–water partition coefficient (Wildman–Crippen LogP) is 6.57. The summed E-state index contributed by atoms with van der Waals surface area (Å²) in [6.45, 7) is 1.23. The van der Waals surface area contributed by atoms with Gasteiger partial charge in [0.2, 0.25) is 5.91 Å². The lowest BCUT2D eigenvalue weighted by molar-refractivity contribution is -0.137. The quantitative estimate of drug-likeness (QED) is 0.356. The smallest absolute Gasteiger partial charge is 0.351 e. The molecule has 0 aliphatic heterocycles. The highest BCUT2D eigenvalue weighted by Gasteiger charge is 2.35. The molecule has 4 nitrogen and oxygen atoms in total. The Morgan fingerprint density at radius 2 is 1.81 bits per heavy atom. The second kappa shape index (κ2) is 10.9. The van der Waals surface area contributed by atoms with Gasteiger partial charge < -0.3 is 14.8 Å². The van der Waals surface area contributed by atoms with Crippen LogP contribution in [0.15, 0.2) is 88.9 Å². The standard InChI is InChI=1S/C28H27BrF3N3O/c1-34(2)17-16-33-27(36)21-7-5-6-20(18-21)25-15-14-24(19-10-12-22(29)13-11-19)35(25)26-9-4-3-8-23(26)28(30,31)32/h3-15,20H,16-18H2,1-2H3,(H,33,36).